The maximum absolute atomic E-state index is 11.2. The summed E-state index contributed by atoms with van der Waals surface area (Å²) in [5.41, 5.74) is 0.775. The zero-order valence-corrected chi connectivity index (χ0v) is 11.8. The number of H-pyrrole nitrogens is 1. The first-order valence-electron chi connectivity index (χ1n) is 5.92. The van der Waals surface area contributed by atoms with E-state index in [9.17, 15) is 4.79 Å². The molecular formula is C12H15N5OS. The molecule has 0 fully saturated rings. The van der Waals surface area contributed by atoms with Crippen LogP contribution in [0.25, 0.3) is 0 Å². The molecule has 0 aliphatic carbocycles. The SMILES string of the molecule is CCNc1nc(C)nc(Sc2nccc(=O)[nH]2)c1C. The zero-order chi connectivity index (χ0) is 13.8. The van der Waals surface area contributed by atoms with Gasteiger partial charge in [0.2, 0.25) is 0 Å². The molecule has 100 valence electrons. The fraction of sp³-hybridized carbons (Fsp3) is 0.333. The Balaban J connectivity index is 2.37. The molecule has 0 aromatic carbocycles. The van der Waals surface area contributed by atoms with Crippen molar-refractivity contribution in [3.8, 4) is 0 Å². The van der Waals surface area contributed by atoms with E-state index < -0.39 is 0 Å². The van der Waals surface area contributed by atoms with Crippen LogP contribution >= 0.6 is 11.8 Å². The number of aromatic nitrogens is 4. The van der Waals surface area contributed by atoms with E-state index in [1.165, 1.54) is 24.0 Å². The van der Waals surface area contributed by atoms with Crippen molar-refractivity contribution in [1.29, 1.82) is 0 Å². The minimum atomic E-state index is -0.173. The molecule has 0 aliphatic rings. The maximum atomic E-state index is 11.2. The van der Waals surface area contributed by atoms with Crippen molar-refractivity contribution in [2.45, 2.75) is 31.0 Å². The quantitative estimate of drug-likeness (QED) is 0.654. The highest BCUT2D eigenvalue weighted by atomic mass is 32.2. The van der Waals surface area contributed by atoms with Gasteiger partial charge in [0.05, 0.1) is 0 Å². The van der Waals surface area contributed by atoms with Gasteiger partial charge in [0.25, 0.3) is 5.56 Å². The number of nitrogens with zero attached hydrogens (tertiary/aromatic N) is 3. The van der Waals surface area contributed by atoms with Crippen molar-refractivity contribution in [1.82, 2.24) is 19.9 Å². The Bertz CT molecular complexity index is 640. The number of aryl methyl sites for hydroxylation is 1. The Kier molecular flexibility index (Phi) is 4.16. The van der Waals surface area contributed by atoms with Crippen LogP contribution in [0.2, 0.25) is 0 Å². The minimum Gasteiger partial charge on any atom is -0.370 e. The summed E-state index contributed by atoms with van der Waals surface area (Å²) in [7, 11) is 0. The smallest absolute Gasteiger partial charge is 0.251 e. The summed E-state index contributed by atoms with van der Waals surface area (Å²) in [6, 6.07) is 1.38. The lowest BCUT2D eigenvalue weighted by molar-refractivity contribution is 0.906. The Morgan fingerprint density at radius 2 is 2.16 bits per heavy atom. The predicted octanol–water partition coefficient (Wildman–Crippen LogP) is 1.76. The molecule has 6 nitrogen and oxygen atoms in total. The number of nitrogens with one attached hydrogen (secondary N) is 2. The van der Waals surface area contributed by atoms with Gasteiger partial charge >= 0.3 is 0 Å². The third kappa shape index (κ3) is 3.31. The summed E-state index contributed by atoms with van der Waals surface area (Å²) in [5, 5.41) is 4.51. The topological polar surface area (TPSA) is 83.6 Å². The van der Waals surface area contributed by atoms with Gasteiger partial charge in [-0.1, -0.05) is 0 Å². The zero-order valence-electron chi connectivity index (χ0n) is 11.0. The molecule has 2 heterocycles. The van der Waals surface area contributed by atoms with Crippen LogP contribution in [-0.4, -0.2) is 26.5 Å². The number of anilines is 1. The molecular weight excluding hydrogens is 262 g/mol. The third-order valence-electron chi connectivity index (χ3n) is 2.40. The second-order valence-electron chi connectivity index (χ2n) is 3.92. The first-order valence-corrected chi connectivity index (χ1v) is 6.74. The Morgan fingerprint density at radius 3 is 2.84 bits per heavy atom. The van der Waals surface area contributed by atoms with Gasteiger partial charge in [-0.25, -0.2) is 15.0 Å². The Hall–Kier alpha value is -1.89. The van der Waals surface area contributed by atoms with E-state index in [2.05, 4.69) is 25.3 Å². The van der Waals surface area contributed by atoms with Crippen LogP contribution in [0.5, 0.6) is 0 Å². The van der Waals surface area contributed by atoms with E-state index in [1.54, 1.807) is 0 Å². The summed E-state index contributed by atoms with van der Waals surface area (Å²) < 4.78 is 0. The second-order valence-corrected chi connectivity index (χ2v) is 4.90. The van der Waals surface area contributed by atoms with E-state index in [0.29, 0.717) is 11.0 Å². The molecule has 0 aliphatic heterocycles. The number of hydrogen-bond donors (Lipinski definition) is 2. The lowest BCUT2D eigenvalue weighted by Crippen LogP contribution is -2.07. The molecule has 2 N–H and O–H groups in total. The van der Waals surface area contributed by atoms with Crippen LogP contribution in [-0.2, 0) is 0 Å². The van der Waals surface area contributed by atoms with Crippen molar-refractivity contribution in [2.24, 2.45) is 0 Å². The lowest BCUT2D eigenvalue weighted by Gasteiger charge is -2.10. The van der Waals surface area contributed by atoms with Crippen molar-refractivity contribution >= 4 is 17.6 Å². The third-order valence-corrected chi connectivity index (χ3v) is 3.39. The molecule has 0 saturated heterocycles. The largest absolute Gasteiger partial charge is 0.370 e. The molecule has 0 radical (unpaired) electrons. The van der Waals surface area contributed by atoms with Crippen LogP contribution in [0.1, 0.15) is 18.3 Å². The van der Waals surface area contributed by atoms with Gasteiger partial charge in [0.15, 0.2) is 5.16 Å². The monoisotopic (exact) mass is 277 g/mol. The number of aromatic amines is 1. The Labute approximate surface area is 115 Å². The molecule has 2 rings (SSSR count). The van der Waals surface area contributed by atoms with Gasteiger partial charge in [-0.05, 0) is 32.5 Å². The van der Waals surface area contributed by atoms with E-state index in [4.69, 9.17) is 0 Å². The van der Waals surface area contributed by atoms with E-state index in [-0.39, 0.29) is 5.56 Å². The molecule has 0 amide bonds. The highest BCUT2D eigenvalue weighted by molar-refractivity contribution is 7.99. The Morgan fingerprint density at radius 1 is 1.37 bits per heavy atom. The second kappa shape index (κ2) is 5.83. The molecule has 19 heavy (non-hydrogen) atoms. The van der Waals surface area contributed by atoms with E-state index in [1.807, 2.05) is 20.8 Å². The normalized spacial score (nSPS) is 10.5. The average molecular weight is 277 g/mol. The van der Waals surface area contributed by atoms with Crippen LogP contribution in [0.15, 0.2) is 27.2 Å². The van der Waals surface area contributed by atoms with Crippen molar-refractivity contribution in [2.75, 3.05) is 11.9 Å². The number of rotatable bonds is 4. The van der Waals surface area contributed by atoms with Crippen LogP contribution in [0.4, 0.5) is 5.82 Å². The molecule has 0 unspecified atom stereocenters. The standard InChI is InChI=1S/C12H15N5OS/c1-4-13-10-7(2)11(16-8(3)15-10)19-12-14-6-5-9(18)17-12/h5-6H,4H2,1-3H3,(H,13,15,16)(H,14,17,18). The van der Waals surface area contributed by atoms with Crippen LogP contribution < -0.4 is 10.9 Å². The maximum Gasteiger partial charge on any atom is 0.251 e. The molecule has 0 atom stereocenters. The van der Waals surface area contributed by atoms with Gasteiger partial charge in [-0.15, -0.1) is 0 Å². The molecule has 7 heteroatoms. The molecule has 2 aromatic heterocycles. The molecule has 0 spiro atoms. The summed E-state index contributed by atoms with van der Waals surface area (Å²) in [4.78, 5) is 26.8. The molecule has 0 saturated carbocycles. The fourth-order valence-electron chi connectivity index (χ4n) is 1.54. The van der Waals surface area contributed by atoms with Gasteiger partial charge in [0.1, 0.15) is 16.7 Å². The van der Waals surface area contributed by atoms with Crippen LogP contribution in [0.3, 0.4) is 0 Å². The minimum absolute atomic E-state index is 0.173. The number of hydrogen-bond acceptors (Lipinski definition) is 6. The molecule has 0 bridgehead atoms. The van der Waals surface area contributed by atoms with Crippen LogP contribution in [0, 0.1) is 13.8 Å². The van der Waals surface area contributed by atoms with Gasteiger partial charge in [0, 0.05) is 24.4 Å². The summed E-state index contributed by atoms with van der Waals surface area (Å²) in [5.74, 6) is 1.50. The first-order chi connectivity index (χ1) is 9.10. The predicted molar refractivity (Wildman–Crippen MR) is 74.7 cm³/mol. The average Bonchev–Trinajstić information content (AvgIpc) is 2.35. The first kappa shape index (κ1) is 13.5. The molecule has 2 aromatic rings. The van der Waals surface area contributed by atoms with Crippen molar-refractivity contribution < 1.29 is 0 Å². The van der Waals surface area contributed by atoms with Gasteiger partial charge in [-0.3, -0.25) is 4.79 Å². The lowest BCUT2D eigenvalue weighted by atomic mass is 10.3. The summed E-state index contributed by atoms with van der Waals surface area (Å²) >= 11 is 1.32. The summed E-state index contributed by atoms with van der Waals surface area (Å²) in [6.07, 6.45) is 1.48. The highest BCUT2D eigenvalue weighted by Gasteiger charge is 2.11. The van der Waals surface area contributed by atoms with Gasteiger partial charge in [-0.2, -0.15) is 0 Å². The van der Waals surface area contributed by atoms with Gasteiger partial charge < -0.3 is 10.3 Å². The fourth-order valence-corrected chi connectivity index (χ4v) is 2.41. The highest BCUT2D eigenvalue weighted by Crippen LogP contribution is 2.28. The van der Waals surface area contributed by atoms with Crippen molar-refractivity contribution in [3.05, 3.63) is 34.0 Å². The van der Waals surface area contributed by atoms with Crippen molar-refractivity contribution in [3.63, 3.8) is 0 Å². The van der Waals surface area contributed by atoms with E-state index >= 15 is 0 Å². The van der Waals surface area contributed by atoms with E-state index in [0.717, 1.165) is 23.0 Å². The summed E-state index contributed by atoms with van der Waals surface area (Å²) in [6.45, 7) is 6.59.